The second-order valence-corrected chi connectivity index (χ2v) is 30.9. The highest BCUT2D eigenvalue weighted by Crippen LogP contribution is 2.33. The van der Waals surface area contributed by atoms with Crippen molar-refractivity contribution in [2.45, 2.75) is 185 Å². The van der Waals surface area contributed by atoms with Crippen LogP contribution in [0, 0.1) is 35.7 Å². The fourth-order valence-corrected chi connectivity index (χ4v) is 11.2. The van der Waals surface area contributed by atoms with Crippen LogP contribution in [0.25, 0.3) is 0 Å². The maximum Gasteiger partial charge on any atom is 0.148 e. The molecule has 9 aromatic rings. The van der Waals surface area contributed by atoms with E-state index in [0.29, 0.717) is 82.8 Å². The zero-order chi connectivity index (χ0) is 75.7. The Balaban J connectivity index is 0.000000557. The predicted molar refractivity (Wildman–Crippen MR) is 435 cm³/mol. The topological polar surface area (TPSA) is 36.7 Å². The lowest BCUT2D eigenvalue weighted by Gasteiger charge is -2.09. The van der Waals surface area contributed by atoms with Crippen molar-refractivity contribution in [2.24, 2.45) is 0 Å². The summed E-state index contributed by atoms with van der Waals surface area (Å²) in [7, 11) is 0. The Labute approximate surface area is 654 Å². The lowest BCUT2D eigenvalue weighted by molar-refractivity contribution is 0.566. The van der Waals surface area contributed by atoms with Crippen LogP contribution in [-0.2, 0) is 0 Å². The number of nitrogens with zero attached hydrogens (tertiary/aromatic N) is 2. The lowest BCUT2D eigenvalue weighted by atomic mass is 9.98. The van der Waals surface area contributed by atoms with E-state index in [1.165, 1.54) is 40.5 Å². The van der Waals surface area contributed by atoms with E-state index in [4.69, 9.17) is 133 Å². The van der Waals surface area contributed by atoms with E-state index in [0.717, 1.165) is 52.4 Å². The Hall–Kier alpha value is -4.14. The summed E-state index contributed by atoms with van der Waals surface area (Å²) in [5.41, 5.74) is 11.4. The van der Waals surface area contributed by atoms with Gasteiger partial charge in [-0.25, -0.2) is 18.2 Å². The first-order chi connectivity index (χ1) is 46.2. The molecule has 0 saturated heterocycles. The second kappa shape index (κ2) is 48.0. The minimum absolute atomic E-state index is 0.0168. The van der Waals surface area contributed by atoms with E-state index < -0.39 is 16.7 Å². The number of hydrogen-bond acceptors (Lipinski definition) is 2. The predicted octanol–water partition coefficient (Wildman–Crippen LogP) is 33.2. The van der Waals surface area contributed by atoms with E-state index in [-0.39, 0.29) is 17.7 Å². The summed E-state index contributed by atoms with van der Waals surface area (Å²) >= 11 is 67.0. The number of benzene rings is 8. The summed E-state index contributed by atoms with van der Waals surface area (Å²) in [4.78, 5) is 3.93. The molecule has 0 amide bonds. The Morgan fingerprint density at radius 2 is 0.788 bits per heavy atom. The number of rotatable bonds is 9. The molecule has 9 rings (SSSR count). The fourth-order valence-electron chi connectivity index (χ4n) is 8.69. The van der Waals surface area contributed by atoms with Gasteiger partial charge in [0.1, 0.15) is 27.6 Å². The third kappa shape index (κ3) is 34.3. The van der Waals surface area contributed by atoms with Crippen LogP contribution in [0.15, 0.2) is 168 Å². The van der Waals surface area contributed by atoms with Crippen LogP contribution in [0.2, 0.25) is 55.4 Å². The number of aromatic nitrogens is 1. The lowest BCUT2D eigenvalue weighted by Crippen LogP contribution is -1.95. The van der Waals surface area contributed by atoms with Gasteiger partial charge in [0.2, 0.25) is 0 Å². The summed E-state index contributed by atoms with van der Waals surface area (Å²) in [6.07, 6.45) is 1.75. The molecular formula is C82H93BrCl11F3N2. The smallest absolute Gasteiger partial charge is 0.148 e. The molecule has 17 heteroatoms. The molecule has 0 N–H and O–H groups in total. The van der Waals surface area contributed by atoms with Crippen molar-refractivity contribution in [1.82, 2.24) is 4.98 Å². The van der Waals surface area contributed by atoms with E-state index >= 15 is 0 Å². The van der Waals surface area contributed by atoms with Gasteiger partial charge in [-0.2, -0.15) is 5.26 Å². The maximum atomic E-state index is 13.1. The highest BCUT2D eigenvalue weighted by atomic mass is 79.9. The Kier molecular flexibility index (Phi) is 45.0. The molecule has 0 atom stereocenters. The van der Waals surface area contributed by atoms with Gasteiger partial charge < -0.3 is 0 Å². The molecule has 536 valence electrons. The molecule has 0 aliphatic rings. The van der Waals surface area contributed by atoms with Crippen LogP contribution in [0.5, 0.6) is 0 Å². The molecule has 2 nitrogen and oxygen atoms in total. The number of nitriles is 1. The minimum Gasteiger partial charge on any atom is -0.243 e. The van der Waals surface area contributed by atoms with E-state index in [9.17, 15) is 13.2 Å². The number of pyridine rings is 1. The van der Waals surface area contributed by atoms with Gasteiger partial charge in [-0.15, -0.1) is 0 Å². The zero-order valence-corrected chi connectivity index (χ0v) is 69.7. The van der Waals surface area contributed by atoms with Crippen molar-refractivity contribution >= 4 is 144 Å². The summed E-state index contributed by atoms with van der Waals surface area (Å²) in [5.74, 6) is 2.09. The first-order valence-corrected chi connectivity index (χ1v) is 37.4. The molecule has 1 aromatic heterocycles. The van der Waals surface area contributed by atoms with Crippen LogP contribution in [0.4, 0.5) is 13.2 Å². The first-order valence-electron chi connectivity index (χ1n) is 32.4. The standard InChI is InChI=1S/C10H10ClN.C10H13Cl.C9H10BrCl.2C9H10Cl2.C9H9ClF2.C9H10ClF.C9H12.C8H9Cl2N/c1-7(2)10-5-9(11)4-3-8(10)6-12;1-7(2)9-5-4-6-10(11)8(9)3;1-6(2)7-3-4-8(10)9(11)5-7;1-6(2)8-5-7(10)3-4-9(8)11;1-6(2)7-4-3-5-8(10)9(7)11;1-5(2)6-3-4-7(11)8(10)9(6)12;1-6(2)8-5-7(10)3-4-9(8)11;1-8(2)9-6-4-3-5-7-9;1-5(2)6-3-7(9)8(10)11-4-6/h3-5,7H,1-2H3;4-7H,1-3H3;3*3-6H,1-2H3;3-5H,1-2H3;3-6H,1-2H3;3-8H,1-2H3;3-5H,1-2H3. The van der Waals surface area contributed by atoms with Gasteiger partial charge in [0.05, 0.1) is 31.7 Å². The third-order valence-electron chi connectivity index (χ3n) is 14.7. The zero-order valence-electron chi connectivity index (χ0n) is 59.8. The van der Waals surface area contributed by atoms with Crippen LogP contribution in [0.1, 0.15) is 239 Å². The SMILES string of the molecule is CC(C)c1cc(Cl)ccc1C#N.CC(C)c1cc(Cl)ccc1Cl.CC(C)c1cc(Cl)ccc1F.CC(C)c1ccc(Br)c(Cl)c1.CC(C)c1ccc(F)c(Cl)c1F.CC(C)c1cccc(Cl)c1Cl.CC(C)c1ccccc1.CC(C)c1cnc(Cl)c(Cl)c1.Cc1c(Cl)cccc1C(C)C. The average molecular weight is 1630 g/mol. The van der Waals surface area contributed by atoms with E-state index in [2.05, 4.69) is 153 Å². The van der Waals surface area contributed by atoms with E-state index in [1.54, 1.807) is 42.6 Å². The molecule has 8 aromatic carbocycles. The molecule has 0 radical (unpaired) electrons. The van der Waals surface area contributed by atoms with Gasteiger partial charge in [0.15, 0.2) is 0 Å². The molecule has 0 aliphatic heterocycles. The highest BCUT2D eigenvalue weighted by molar-refractivity contribution is 9.10. The maximum absolute atomic E-state index is 13.1. The largest absolute Gasteiger partial charge is 0.243 e. The van der Waals surface area contributed by atoms with Crippen LogP contribution in [0.3, 0.4) is 0 Å². The third-order valence-corrected chi connectivity index (χ3v) is 19.3. The van der Waals surface area contributed by atoms with Gasteiger partial charge >= 0.3 is 0 Å². The molecule has 99 heavy (non-hydrogen) atoms. The first kappa shape index (κ1) is 92.9. The van der Waals surface area contributed by atoms with Gasteiger partial charge in [-0.1, -0.05) is 319 Å². The highest BCUT2D eigenvalue weighted by Gasteiger charge is 2.14. The summed E-state index contributed by atoms with van der Waals surface area (Å²) in [6, 6.07) is 50.5. The molecule has 0 aliphatic carbocycles. The number of halogens is 15. The molecule has 1 heterocycles. The molecular weight excluding hydrogens is 1540 g/mol. The Bertz CT molecular complexity index is 3750. The summed E-state index contributed by atoms with van der Waals surface area (Å²) < 4.78 is 39.7. The van der Waals surface area contributed by atoms with E-state index in [1.807, 2.05) is 108 Å². The number of hydrogen-bond donors (Lipinski definition) is 0. The van der Waals surface area contributed by atoms with Crippen molar-refractivity contribution in [3.63, 3.8) is 0 Å². The van der Waals surface area contributed by atoms with Crippen molar-refractivity contribution in [2.75, 3.05) is 0 Å². The van der Waals surface area contributed by atoms with Crippen LogP contribution >= 0.6 is 144 Å². The molecule has 0 fully saturated rings. The van der Waals surface area contributed by atoms with Crippen LogP contribution < -0.4 is 0 Å². The Morgan fingerprint density at radius 1 is 0.343 bits per heavy atom. The van der Waals surface area contributed by atoms with Gasteiger partial charge in [0.25, 0.3) is 0 Å². The van der Waals surface area contributed by atoms with Crippen molar-refractivity contribution in [3.8, 4) is 6.07 Å². The van der Waals surface area contributed by atoms with Crippen molar-refractivity contribution < 1.29 is 13.2 Å². The Morgan fingerprint density at radius 3 is 1.21 bits per heavy atom. The minimum atomic E-state index is -0.710. The summed E-state index contributed by atoms with van der Waals surface area (Å²) in [5, 5.41) is 15.1. The van der Waals surface area contributed by atoms with Gasteiger partial charge in [0, 0.05) is 35.8 Å². The van der Waals surface area contributed by atoms with Crippen molar-refractivity contribution in [3.05, 3.63) is 302 Å². The quantitative estimate of drug-likeness (QED) is 0.107. The molecule has 0 bridgehead atoms. The van der Waals surface area contributed by atoms with Gasteiger partial charge in [-0.3, -0.25) is 0 Å². The molecule has 0 spiro atoms. The summed E-state index contributed by atoms with van der Waals surface area (Å²) in [6.45, 7) is 39.3. The second-order valence-electron chi connectivity index (χ2n) is 25.6. The van der Waals surface area contributed by atoms with Crippen LogP contribution in [-0.4, -0.2) is 4.98 Å². The van der Waals surface area contributed by atoms with Gasteiger partial charge in [-0.05, 0) is 223 Å². The fraction of sp³-hybridized carbons (Fsp3) is 0.341. The molecule has 0 saturated carbocycles. The molecule has 0 unspecified atom stereocenters. The van der Waals surface area contributed by atoms with Crippen molar-refractivity contribution in [1.29, 1.82) is 5.26 Å². The monoisotopic (exact) mass is 1630 g/mol. The average Bonchev–Trinajstić information content (AvgIpc) is 0.864. The normalized spacial score (nSPS) is 10.5.